The Morgan fingerprint density at radius 2 is 2.05 bits per heavy atom. The number of hydrogen-bond donors (Lipinski definition) is 1. The highest BCUT2D eigenvalue weighted by molar-refractivity contribution is 7.10. The minimum Gasteiger partial charge on any atom is -0.378 e. The SMILES string of the molecule is NC(c1ccc(N2CCOCC2)c(Cl)c1)c1cccs1. The Morgan fingerprint density at radius 3 is 2.70 bits per heavy atom. The molecule has 1 unspecified atom stereocenters. The highest BCUT2D eigenvalue weighted by Crippen LogP contribution is 2.31. The van der Waals surface area contributed by atoms with Crippen LogP contribution in [0.4, 0.5) is 5.69 Å². The second-order valence-corrected chi connectivity index (χ2v) is 6.19. The standard InChI is InChI=1S/C15H17ClN2OS/c16-12-10-11(15(17)14-2-1-9-20-14)3-4-13(12)18-5-7-19-8-6-18/h1-4,9-10,15H,5-8,17H2. The van der Waals surface area contributed by atoms with Gasteiger partial charge in [0, 0.05) is 18.0 Å². The Bertz CT molecular complexity index is 567. The van der Waals surface area contributed by atoms with Gasteiger partial charge in [-0.05, 0) is 29.1 Å². The molecular formula is C15H17ClN2OS. The van der Waals surface area contributed by atoms with Crippen LogP contribution in [-0.2, 0) is 4.74 Å². The van der Waals surface area contributed by atoms with Gasteiger partial charge in [-0.1, -0.05) is 23.7 Å². The van der Waals surface area contributed by atoms with Crippen molar-refractivity contribution in [3.05, 3.63) is 51.2 Å². The molecule has 1 aliphatic rings. The van der Waals surface area contributed by atoms with Crippen LogP contribution in [0, 0.1) is 0 Å². The number of nitrogens with zero attached hydrogens (tertiary/aromatic N) is 1. The van der Waals surface area contributed by atoms with Crippen molar-refractivity contribution in [1.82, 2.24) is 0 Å². The van der Waals surface area contributed by atoms with Crippen LogP contribution >= 0.6 is 22.9 Å². The zero-order valence-corrected chi connectivity index (χ0v) is 12.7. The van der Waals surface area contributed by atoms with Crippen LogP contribution in [0.15, 0.2) is 35.7 Å². The van der Waals surface area contributed by atoms with Gasteiger partial charge in [-0.3, -0.25) is 0 Å². The summed E-state index contributed by atoms with van der Waals surface area (Å²) in [5, 5.41) is 2.80. The fraction of sp³-hybridized carbons (Fsp3) is 0.333. The third-order valence-electron chi connectivity index (χ3n) is 3.53. The van der Waals surface area contributed by atoms with Crippen LogP contribution in [0.2, 0.25) is 5.02 Å². The summed E-state index contributed by atoms with van der Waals surface area (Å²) in [6.07, 6.45) is 0. The topological polar surface area (TPSA) is 38.5 Å². The van der Waals surface area contributed by atoms with E-state index in [1.54, 1.807) is 11.3 Å². The van der Waals surface area contributed by atoms with Crippen molar-refractivity contribution >= 4 is 28.6 Å². The molecule has 0 bridgehead atoms. The molecule has 3 rings (SSSR count). The quantitative estimate of drug-likeness (QED) is 0.945. The molecule has 0 radical (unpaired) electrons. The zero-order chi connectivity index (χ0) is 13.9. The van der Waals surface area contributed by atoms with Gasteiger partial charge in [-0.25, -0.2) is 0 Å². The Kier molecular flexibility index (Phi) is 4.27. The molecule has 0 aliphatic carbocycles. The molecule has 1 fully saturated rings. The lowest BCUT2D eigenvalue weighted by Gasteiger charge is -2.30. The summed E-state index contributed by atoms with van der Waals surface area (Å²) >= 11 is 8.10. The highest BCUT2D eigenvalue weighted by atomic mass is 35.5. The average molecular weight is 309 g/mol. The molecule has 1 aliphatic heterocycles. The van der Waals surface area contributed by atoms with E-state index >= 15 is 0 Å². The van der Waals surface area contributed by atoms with Crippen molar-refractivity contribution in [1.29, 1.82) is 0 Å². The van der Waals surface area contributed by atoms with E-state index in [2.05, 4.69) is 23.1 Å². The molecule has 2 heterocycles. The van der Waals surface area contributed by atoms with Crippen molar-refractivity contribution in [2.24, 2.45) is 5.73 Å². The van der Waals surface area contributed by atoms with Gasteiger partial charge < -0.3 is 15.4 Å². The van der Waals surface area contributed by atoms with E-state index < -0.39 is 0 Å². The predicted molar refractivity (Wildman–Crippen MR) is 84.8 cm³/mol. The Balaban J connectivity index is 1.83. The summed E-state index contributed by atoms with van der Waals surface area (Å²) in [7, 11) is 0. The van der Waals surface area contributed by atoms with Gasteiger partial charge >= 0.3 is 0 Å². The van der Waals surface area contributed by atoms with Crippen molar-refractivity contribution in [3.63, 3.8) is 0 Å². The molecule has 3 nitrogen and oxygen atoms in total. The molecule has 1 aromatic heterocycles. The Morgan fingerprint density at radius 1 is 1.25 bits per heavy atom. The summed E-state index contributed by atoms with van der Waals surface area (Å²) in [4.78, 5) is 3.41. The fourth-order valence-corrected chi connectivity index (χ4v) is 3.47. The first kappa shape index (κ1) is 13.9. The first-order chi connectivity index (χ1) is 9.75. The van der Waals surface area contributed by atoms with Crippen molar-refractivity contribution in [2.75, 3.05) is 31.2 Å². The maximum Gasteiger partial charge on any atom is 0.0646 e. The van der Waals surface area contributed by atoms with E-state index in [0.717, 1.165) is 47.5 Å². The molecule has 20 heavy (non-hydrogen) atoms. The molecule has 2 aromatic rings. The van der Waals surface area contributed by atoms with Crippen molar-refractivity contribution in [2.45, 2.75) is 6.04 Å². The van der Waals surface area contributed by atoms with Gasteiger partial charge in [-0.15, -0.1) is 11.3 Å². The lowest BCUT2D eigenvalue weighted by Crippen LogP contribution is -2.36. The lowest BCUT2D eigenvalue weighted by atomic mass is 10.1. The van der Waals surface area contributed by atoms with Gasteiger partial charge in [0.15, 0.2) is 0 Å². The third kappa shape index (κ3) is 2.83. The van der Waals surface area contributed by atoms with Gasteiger partial charge in [0.1, 0.15) is 0 Å². The number of halogens is 1. The van der Waals surface area contributed by atoms with Crippen LogP contribution in [0.1, 0.15) is 16.5 Å². The number of ether oxygens (including phenoxy) is 1. The average Bonchev–Trinajstić information content (AvgIpc) is 3.01. The van der Waals surface area contributed by atoms with E-state index in [4.69, 9.17) is 22.1 Å². The smallest absolute Gasteiger partial charge is 0.0646 e. The summed E-state index contributed by atoms with van der Waals surface area (Å²) in [6.45, 7) is 3.28. The number of anilines is 1. The number of thiophene rings is 1. The maximum atomic E-state index is 6.43. The molecule has 2 N–H and O–H groups in total. The second-order valence-electron chi connectivity index (χ2n) is 4.80. The molecule has 1 atom stereocenters. The minimum absolute atomic E-state index is 0.105. The molecule has 5 heteroatoms. The Hall–Kier alpha value is -1.07. The van der Waals surface area contributed by atoms with E-state index in [0.29, 0.717) is 0 Å². The fourth-order valence-electron chi connectivity index (χ4n) is 2.41. The molecule has 1 saturated heterocycles. The van der Waals surface area contributed by atoms with Crippen LogP contribution in [-0.4, -0.2) is 26.3 Å². The van der Waals surface area contributed by atoms with Crippen LogP contribution in [0.25, 0.3) is 0 Å². The number of hydrogen-bond acceptors (Lipinski definition) is 4. The van der Waals surface area contributed by atoms with Crippen LogP contribution < -0.4 is 10.6 Å². The summed E-state index contributed by atoms with van der Waals surface area (Å²) in [5.41, 5.74) is 8.39. The lowest BCUT2D eigenvalue weighted by molar-refractivity contribution is 0.122. The molecule has 0 saturated carbocycles. The van der Waals surface area contributed by atoms with Gasteiger partial charge in [0.2, 0.25) is 0 Å². The largest absolute Gasteiger partial charge is 0.378 e. The maximum absolute atomic E-state index is 6.43. The van der Waals surface area contributed by atoms with Crippen LogP contribution in [0.3, 0.4) is 0 Å². The zero-order valence-electron chi connectivity index (χ0n) is 11.1. The molecular weight excluding hydrogens is 292 g/mol. The van der Waals surface area contributed by atoms with Crippen molar-refractivity contribution in [3.8, 4) is 0 Å². The Labute approximate surface area is 127 Å². The number of nitrogens with two attached hydrogens (primary N) is 1. The van der Waals surface area contributed by atoms with Crippen molar-refractivity contribution < 1.29 is 4.74 Å². The number of morpholine rings is 1. The van der Waals surface area contributed by atoms with E-state index in [9.17, 15) is 0 Å². The molecule has 1 aromatic carbocycles. The van der Waals surface area contributed by atoms with Gasteiger partial charge in [0.05, 0.1) is 30.0 Å². The van der Waals surface area contributed by atoms with Gasteiger partial charge in [0.25, 0.3) is 0 Å². The number of benzene rings is 1. The summed E-state index contributed by atoms with van der Waals surface area (Å²) < 4.78 is 5.37. The first-order valence-corrected chi connectivity index (χ1v) is 7.92. The minimum atomic E-state index is -0.105. The van der Waals surface area contributed by atoms with E-state index in [1.165, 1.54) is 0 Å². The van der Waals surface area contributed by atoms with Gasteiger partial charge in [-0.2, -0.15) is 0 Å². The summed E-state index contributed by atoms with van der Waals surface area (Å²) in [5.74, 6) is 0. The monoisotopic (exact) mass is 308 g/mol. The molecule has 0 amide bonds. The summed E-state index contributed by atoms with van der Waals surface area (Å²) in [6, 6.07) is 10.1. The normalized spacial score (nSPS) is 17.2. The van der Waals surface area contributed by atoms with E-state index in [1.807, 2.05) is 17.5 Å². The number of rotatable bonds is 3. The van der Waals surface area contributed by atoms with Crippen LogP contribution in [0.5, 0.6) is 0 Å². The van der Waals surface area contributed by atoms with E-state index in [-0.39, 0.29) is 6.04 Å². The highest BCUT2D eigenvalue weighted by Gasteiger charge is 2.16. The predicted octanol–water partition coefficient (Wildman–Crippen LogP) is 3.29. The third-order valence-corrected chi connectivity index (χ3v) is 4.79. The molecule has 0 spiro atoms. The second kappa shape index (κ2) is 6.14. The molecule has 106 valence electrons. The first-order valence-electron chi connectivity index (χ1n) is 6.67.